The molecule has 5 nitrogen and oxygen atoms in total. The van der Waals surface area contributed by atoms with Crippen molar-refractivity contribution in [1.29, 1.82) is 0 Å². The molecule has 150 valence electrons. The summed E-state index contributed by atoms with van der Waals surface area (Å²) in [6.45, 7) is 1.94. The first kappa shape index (κ1) is 18.3. The van der Waals surface area contributed by atoms with Crippen LogP contribution in [0.5, 0.6) is 5.88 Å². The summed E-state index contributed by atoms with van der Waals surface area (Å²) in [7, 11) is 0. The summed E-state index contributed by atoms with van der Waals surface area (Å²) in [5.74, 6) is 1.84. The van der Waals surface area contributed by atoms with E-state index in [-0.39, 0.29) is 6.10 Å². The Kier molecular flexibility index (Phi) is 5.22. The maximum atomic E-state index is 12.3. The monoisotopic (exact) mass is 399 g/mol. The molecule has 0 spiro atoms. The van der Waals surface area contributed by atoms with Gasteiger partial charge in [-0.15, -0.1) is 11.3 Å². The molecule has 0 N–H and O–H groups in total. The molecule has 5 rings (SSSR count). The summed E-state index contributed by atoms with van der Waals surface area (Å²) in [4.78, 5) is 25.9. The number of carbonyl (C=O) groups excluding carboxylic acids is 1. The standard InChI is InChI=1S/C22H29N3O2S/c26-19(25-12-1-2-13-25)11-8-15-6-9-16(10-7-15)27-21-20-17-4-3-5-18(17)28-22(20)24-14-23-21/h14-16H,1-13H2. The highest BCUT2D eigenvalue weighted by atomic mass is 32.1. The zero-order chi connectivity index (χ0) is 18.9. The zero-order valence-corrected chi connectivity index (χ0v) is 17.3. The van der Waals surface area contributed by atoms with Gasteiger partial charge in [0.15, 0.2) is 0 Å². The third kappa shape index (κ3) is 3.63. The quantitative estimate of drug-likeness (QED) is 0.742. The van der Waals surface area contributed by atoms with E-state index in [1.54, 1.807) is 6.33 Å². The molecule has 28 heavy (non-hydrogen) atoms. The SMILES string of the molecule is O=C(CCC1CCC(Oc2ncnc3sc4c(c23)CCC4)CC1)N1CCCC1. The van der Waals surface area contributed by atoms with E-state index in [1.807, 2.05) is 11.3 Å². The Morgan fingerprint density at radius 2 is 1.93 bits per heavy atom. The third-order valence-electron chi connectivity index (χ3n) is 6.76. The first-order chi connectivity index (χ1) is 13.8. The second-order valence-electron chi connectivity index (χ2n) is 8.60. The first-order valence-corrected chi connectivity index (χ1v) is 11.8. The van der Waals surface area contributed by atoms with E-state index in [0.29, 0.717) is 11.8 Å². The molecule has 1 saturated heterocycles. The second-order valence-corrected chi connectivity index (χ2v) is 9.69. The number of hydrogen-bond donors (Lipinski definition) is 0. The van der Waals surface area contributed by atoms with E-state index < -0.39 is 0 Å². The Hall–Kier alpha value is -1.69. The Morgan fingerprint density at radius 1 is 1.11 bits per heavy atom. The van der Waals surface area contributed by atoms with Crippen LogP contribution in [0.3, 0.4) is 0 Å². The number of hydrogen-bond acceptors (Lipinski definition) is 5. The van der Waals surface area contributed by atoms with Crippen molar-refractivity contribution >= 4 is 27.5 Å². The first-order valence-electron chi connectivity index (χ1n) is 11.0. The van der Waals surface area contributed by atoms with Gasteiger partial charge in [0.05, 0.1) is 5.39 Å². The highest BCUT2D eigenvalue weighted by molar-refractivity contribution is 7.18. The molecule has 2 aliphatic carbocycles. The molecule has 2 aromatic heterocycles. The van der Waals surface area contributed by atoms with Crippen LogP contribution in [0.15, 0.2) is 6.33 Å². The van der Waals surface area contributed by atoms with Gasteiger partial charge in [0.1, 0.15) is 17.3 Å². The van der Waals surface area contributed by atoms with Gasteiger partial charge in [0.2, 0.25) is 11.8 Å². The van der Waals surface area contributed by atoms with Crippen LogP contribution >= 0.6 is 11.3 Å². The molecule has 6 heteroatoms. The molecule has 0 unspecified atom stereocenters. The number of aromatic nitrogens is 2. The molecule has 3 heterocycles. The van der Waals surface area contributed by atoms with E-state index in [1.165, 1.54) is 41.5 Å². The maximum absolute atomic E-state index is 12.3. The second kappa shape index (κ2) is 7.97. The van der Waals surface area contributed by atoms with Gasteiger partial charge in [-0.2, -0.15) is 0 Å². The van der Waals surface area contributed by atoms with Crippen LogP contribution in [0.4, 0.5) is 0 Å². The van der Waals surface area contributed by atoms with Gasteiger partial charge in [-0.05, 0) is 75.7 Å². The highest BCUT2D eigenvalue weighted by Crippen LogP contribution is 2.41. The van der Waals surface area contributed by atoms with Gasteiger partial charge in [0, 0.05) is 24.4 Å². The van der Waals surface area contributed by atoms with Gasteiger partial charge in [-0.3, -0.25) is 4.79 Å². The topological polar surface area (TPSA) is 55.3 Å². The minimum absolute atomic E-state index is 0.251. The predicted octanol–water partition coefficient (Wildman–Crippen LogP) is 4.52. The van der Waals surface area contributed by atoms with Gasteiger partial charge in [-0.1, -0.05) is 0 Å². The van der Waals surface area contributed by atoms with E-state index in [2.05, 4.69) is 14.9 Å². The van der Waals surface area contributed by atoms with Crippen LogP contribution in [-0.2, 0) is 17.6 Å². The number of likely N-dealkylation sites (tertiary alicyclic amines) is 1. The Morgan fingerprint density at radius 3 is 2.75 bits per heavy atom. The molecule has 0 bridgehead atoms. The number of amides is 1. The Bertz CT molecular complexity index is 851. The summed E-state index contributed by atoms with van der Waals surface area (Å²) in [5.41, 5.74) is 1.43. The number of rotatable bonds is 5. The zero-order valence-electron chi connectivity index (χ0n) is 16.5. The lowest BCUT2D eigenvalue weighted by atomic mass is 9.84. The number of thiophene rings is 1. The highest BCUT2D eigenvalue weighted by Gasteiger charge is 2.27. The van der Waals surface area contributed by atoms with Gasteiger partial charge >= 0.3 is 0 Å². The van der Waals surface area contributed by atoms with Crippen molar-refractivity contribution in [3.05, 3.63) is 16.8 Å². The van der Waals surface area contributed by atoms with Gasteiger partial charge in [0.25, 0.3) is 0 Å². The van der Waals surface area contributed by atoms with Crippen LogP contribution in [0.25, 0.3) is 10.2 Å². The Balaban J connectivity index is 1.16. The van der Waals surface area contributed by atoms with Crippen molar-refractivity contribution in [2.75, 3.05) is 13.1 Å². The van der Waals surface area contributed by atoms with Crippen molar-refractivity contribution in [3.63, 3.8) is 0 Å². The summed E-state index contributed by atoms with van der Waals surface area (Å²) >= 11 is 1.82. The molecule has 0 radical (unpaired) electrons. The van der Waals surface area contributed by atoms with E-state index in [9.17, 15) is 4.79 Å². The largest absolute Gasteiger partial charge is 0.474 e. The molecular weight excluding hydrogens is 370 g/mol. The minimum Gasteiger partial charge on any atom is -0.474 e. The summed E-state index contributed by atoms with van der Waals surface area (Å²) in [6, 6.07) is 0. The fourth-order valence-corrected chi connectivity index (χ4v) is 6.36. The van der Waals surface area contributed by atoms with Crippen molar-refractivity contribution in [3.8, 4) is 5.88 Å². The predicted molar refractivity (Wildman–Crippen MR) is 111 cm³/mol. The summed E-state index contributed by atoms with van der Waals surface area (Å²) in [6.07, 6.45) is 14.0. The van der Waals surface area contributed by atoms with Gasteiger partial charge in [-0.25, -0.2) is 9.97 Å². The number of ether oxygens (including phenoxy) is 1. The maximum Gasteiger partial charge on any atom is 0.225 e. The minimum atomic E-state index is 0.251. The van der Waals surface area contributed by atoms with Crippen LogP contribution in [0, 0.1) is 5.92 Å². The Labute approximate surface area is 170 Å². The van der Waals surface area contributed by atoms with Crippen molar-refractivity contribution < 1.29 is 9.53 Å². The van der Waals surface area contributed by atoms with Crippen LogP contribution < -0.4 is 4.74 Å². The summed E-state index contributed by atoms with van der Waals surface area (Å²) in [5, 5.41) is 1.18. The van der Waals surface area contributed by atoms with Crippen LogP contribution in [0.2, 0.25) is 0 Å². The average molecular weight is 400 g/mol. The van der Waals surface area contributed by atoms with Crippen LogP contribution in [0.1, 0.15) is 68.2 Å². The number of aryl methyl sites for hydroxylation is 2. The molecule has 0 aromatic carbocycles. The molecule has 3 aliphatic rings. The fraction of sp³-hybridized carbons (Fsp3) is 0.682. The van der Waals surface area contributed by atoms with Crippen molar-refractivity contribution in [1.82, 2.24) is 14.9 Å². The molecule has 2 aromatic rings. The van der Waals surface area contributed by atoms with E-state index in [0.717, 1.165) is 68.7 Å². The smallest absolute Gasteiger partial charge is 0.225 e. The molecule has 2 fully saturated rings. The number of fused-ring (bicyclic) bond motifs is 3. The molecule has 0 atom stereocenters. The fourth-order valence-electron chi connectivity index (χ4n) is 5.14. The number of carbonyl (C=O) groups is 1. The molecule has 1 saturated carbocycles. The average Bonchev–Trinajstić information content (AvgIpc) is 3.44. The van der Waals surface area contributed by atoms with Crippen molar-refractivity contribution in [2.45, 2.75) is 76.7 Å². The lowest BCUT2D eigenvalue weighted by Crippen LogP contribution is -2.29. The van der Waals surface area contributed by atoms with Gasteiger partial charge < -0.3 is 9.64 Å². The molecule has 1 amide bonds. The van der Waals surface area contributed by atoms with Crippen LogP contribution in [-0.4, -0.2) is 40.0 Å². The molecular formula is C22H29N3O2S. The normalized spacial score (nSPS) is 24.6. The molecule has 1 aliphatic heterocycles. The summed E-state index contributed by atoms with van der Waals surface area (Å²) < 4.78 is 6.39. The number of nitrogens with zero attached hydrogens (tertiary/aromatic N) is 3. The van der Waals surface area contributed by atoms with E-state index >= 15 is 0 Å². The van der Waals surface area contributed by atoms with E-state index in [4.69, 9.17) is 4.74 Å². The third-order valence-corrected chi connectivity index (χ3v) is 7.96. The lowest BCUT2D eigenvalue weighted by Gasteiger charge is -2.29. The van der Waals surface area contributed by atoms with Crippen molar-refractivity contribution in [2.24, 2.45) is 5.92 Å². The lowest BCUT2D eigenvalue weighted by molar-refractivity contribution is -0.130.